The summed E-state index contributed by atoms with van der Waals surface area (Å²) in [5.41, 5.74) is 1.29. The number of piperidine rings is 1. The van der Waals surface area contributed by atoms with Crippen molar-refractivity contribution in [2.45, 2.75) is 89.4 Å². The second kappa shape index (κ2) is 9.69. The van der Waals surface area contributed by atoms with E-state index >= 15 is 0 Å². The fraction of sp³-hybridized carbons (Fsp3) is 0.750. The summed E-state index contributed by atoms with van der Waals surface area (Å²) in [4.78, 5) is 17.0. The van der Waals surface area contributed by atoms with Crippen LogP contribution in [0.25, 0.3) is 0 Å². The molecule has 0 unspecified atom stereocenters. The van der Waals surface area contributed by atoms with Crippen LogP contribution in [0.5, 0.6) is 5.75 Å². The molecule has 1 aromatic carbocycles. The monoisotopic (exact) mass is 470 g/mol. The second-order valence-electron chi connectivity index (χ2n) is 12.0. The van der Waals surface area contributed by atoms with Crippen molar-refractivity contribution >= 4 is 6.09 Å². The van der Waals surface area contributed by atoms with Gasteiger partial charge in [-0.15, -0.1) is 0 Å². The van der Waals surface area contributed by atoms with Gasteiger partial charge in [0.2, 0.25) is 0 Å². The number of carbonyl (C=O) groups excluding carboxylic acids is 1. The van der Waals surface area contributed by atoms with E-state index in [0.29, 0.717) is 17.4 Å². The minimum Gasteiger partial charge on any atom is -0.490 e. The molecule has 4 fully saturated rings. The first-order valence-electron chi connectivity index (χ1n) is 13.4. The first-order chi connectivity index (χ1) is 16.3. The molecule has 1 spiro atoms. The van der Waals surface area contributed by atoms with E-state index in [-0.39, 0.29) is 12.2 Å². The Hall–Kier alpha value is -1.79. The molecular weight excluding hydrogens is 428 g/mol. The molecule has 0 bridgehead atoms. The van der Waals surface area contributed by atoms with Crippen LogP contribution >= 0.6 is 0 Å². The van der Waals surface area contributed by atoms with E-state index in [4.69, 9.17) is 14.2 Å². The Bertz CT molecular complexity index is 846. The molecule has 1 saturated carbocycles. The number of rotatable bonds is 4. The van der Waals surface area contributed by atoms with Gasteiger partial charge >= 0.3 is 6.09 Å². The van der Waals surface area contributed by atoms with Gasteiger partial charge in [-0.1, -0.05) is 18.2 Å². The summed E-state index contributed by atoms with van der Waals surface area (Å²) in [6.07, 6.45) is 8.22. The number of amides is 1. The van der Waals surface area contributed by atoms with Crippen molar-refractivity contribution in [2.75, 3.05) is 39.4 Å². The predicted molar refractivity (Wildman–Crippen MR) is 132 cm³/mol. The zero-order valence-corrected chi connectivity index (χ0v) is 21.3. The number of hydrogen-bond acceptors (Lipinski definition) is 5. The highest BCUT2D eigenvalue weighted by Crippen LogP contribution is 2.48. The Labute approximate surface area is 204 Å². The Morgan fingerprint density at radius 3 is 2.44 bits per heavy atom. The van der Waals surface area contributed by atoms with E-state index in [2.05, 4.69) is 29.2 Å². The van der Waals surface area contributed by atoms with Crippen molar-refractivity contribution in [1.82, 2.24) is 9.80 Å². The van der Waals surface area contributed by atoms with Crippen LogP contribution in [0.15, 0.2) is 24.3 Å². The lowest BCUT2D eigenvalue weighted by molar-refractivity contribution is -0.0347. The molecule has 1 atom stereocenters. The Kier molecular flexibility index (Phi) is 6.82. The van der Waals surface area contributed by atoms with Crippen LogP contribution in [-0.2, 0) is 9.47 Å². The average Bonchev–Trinajstić information content (AvgIpc) is 3.24. The minimum absolute atomic E-state index is 0.149. The quantitative estimate of drug-likeness (QED) is 0.604. The molecule has 188 valence electrons. The van der Waals surface area contributed by atoms with Crippen LogP contribution in [0.3, 0.4) is 0 Å². The number of carbonyl (C=O) groups is 1. The molecule has 0 aromatic heterocycles. The van der Waals surface area contributed by atoms with Crippen molar-refractivity contribution in [3.05, 3.63) is 29.8 Å². The van der Waals surface area contributed by atoms with Crippen molar-refractivity contribution < 1.29 is 19.0 Å². The first kappa shape index (κ1) is 23.9. The van der Waals surface area contributed by atoms with Gasteiger partial charge in [0.1, 0.15) is 17.5 Å². The third-order valence-corrected chi connectivity index (χ3v) is 8.25. The van der Waals surface area contributed by atoms with Crippen LogP contribution in [-0.4, -0.2) is 73.0 Å². The average molecular weight is 471 g/mol. The second-order valence-corrected chi connectivity index (χ2v) is 12.0. The lowest BCUT2D eigenvalue weighted by Gasteiger charge is -2.48. The van der Waals surface area contributed by atoms with Gasteiger partial charge in [0, 0.05) is 37.4 Å². The molecule has 1 aliphatic carbocycles. The van der Waals surface area contributed by atoms with Crippen LogP contribution in [0.1, 0.15) is 77.2 Å². The van der Waals surface area contributed by atoms with Gasteiger partial charge in [-0.05, 0) is 83.5 Å². The zero-order chi connectivity index (χ0) is 23.8. The minimum atomic E-state index is -0.420. The van der Waals surface area contributed by atoms with Gasteiger partial charge in [-0.25, -0.2) is 4.79 Å². The van der Waals surface area contributed by atoms with Crippen molar-refractivity contribution in [2.24, 2.45) is 5.41 Å². The number of ether oxygens (including phenoxy) is 3. The van der Waals surface area contributed by atoms with Crippen molar-refractivity contribution in [1.29, 1.82) is 0 Å². The lowest BCUT2D eigenvalue weighted by atomic mass is 9.78. The molecule has 5 rings (SSSR count). The number of para-hydroxylation sites is 1. The van der Waals surface area contributed by atoms with E-state index < -0.39 is 5.60 Å². The summed E-state index contributed by atoms with van der Waals surface area (Å²) < 4.78 is 17.5. The number of hydrogen-bond donors (Lipinski definition) is 0. The van der Waals surface area contributed by atoms with Gasteiger partial charge in [0.05, 0.1) is 13.2 Å². The molecule has 1 amide bonds. The summed E-state index contributed by atoms with van der Waals surface area (Å²) >= 11 is 0. The molecule has 6 heteroatoms. The molecule has 4 aliphatic rings. The van der Waals surface area contributed by atoms with Gasteiger partial charge in [0.25, 0.3) is 0 Å². The van der Waals surface area contributed by atoms with E-state index in [9.17, 15) is 4.79 Å². The molecule has 0 radical (unpaired) electrons. The number of benzene rings is 1. The standard InChI is InChI=1S/C28H42N2O4/c1-27(2,3)34-26(31)30-19-28(20-30)13-8-22(18-28)29-14-9-21(10-15-29)24-6-4-5-7-25(24)33-23-11-16-32-17-12-23/h4-7,21-23H,8-20H2,1-3H3/t22-/m1/s1. The summed E-state index contributed by atoms with van der Waals surface area (Å²) in [6, 6.07) is 9.36. The normalized spacial score (nSPS) is 26.4. The van der Waals surface area contributed by atoms with Crippen LogP contribution in [0.2, 0.25) is 0 Å². The van der Waals surface area contributed by atoms with E-state index in [1.165, 1.54) is 37.7 Å². The maximum absolute atomic E-state index is 12.4. The molecule has 34 heavy (non-hydrogen) atoms. The fourth-order valence-electron chi connectivity index (χ4n) is 6.47. The molecule has 6 nitrogen and oxygen atoms in total. The number of nitrogens with zero attached hydrogens (tertiary/aromatic N) is 2. The highest BCUT2D eigenvalue weighted by Gasteiger charge is 2.51. The Morgan fingerprint density at radius 1 is 1.03 bits per heavy atom. The fourth-order valence-corrected chi connectivity index (χ4v) is 6.47. The van der Waals surface area contributed by atoms with Crippen LogP contribution in [0.4, 0.5) is 4.79 Å². The largest absolute Gasteiger partial charge is 0.490 e. The topological polar surface area (TPSA) is 51.2 Å². The molecule has 3 saturated heterocycles. The van der Waals surface area contributed by atoms with Crippen molar-refractivity contribution in [3.8, 4) is 5.75 Å². The summed E-state index contributed by atoms with van der Waals surface area (Å²) in [6.45, 7) is 11.5. The molecular formula is C28H42N2O4. The number of likely N-dealkylation sites (tertiary alicyclic amines) is 2. The third kappa shape index (κ3) is 5.38. The smallest absolute Gasteiger partial charge is 0.410 e. The lowest BCUT2D eigenvalue weighted by Crippen LogP contribution is -2.58. The SMILES string of the molecule is CC(C)(C)OC(=O)N1CC2(CC[C@@H](N3CCC(c4ccccc4OC4CCOCC4)CC3)C2)C1. The maximum Gasteiger partial charge on any atom is 0.410 e. The highest BCUT2D eigenvalue weighted by atomic mass is 16.6. The van der Waals surface area contributed by atoms with Crippen LogP contribution in [0, 0.1) is 5.41 Å². The molecule has 0 N–H and O–H groups in total. The molecule has 1 aromatic rings. The van der Waals surface area contributed by atoms with Gasteiger partial charge in [-0.2, -0.15) is 0 Å². The van der Waals surface area contributed by atoms with Gasteiger partial charge in [0.15, 0.2) is 0 Å². The van der Waals surface area contributed by atoms with Gasteiger partial charge in [-0.3, -0.25) is 0 Å². The van der Waals surface area contributed by atoms with E-state index in [0.717, 1.165) is 58.0 Å². The Morgan fingerprint density at radius 2 is 1.74 bits per heavy atom. The predicted octanol–water partition coefficient (Wildman–Crippen LogP) is 5.21. The van der Waals surface area contributed by atoms with Crippen LogP contribution < -0.4 is 4.74 Å². The maximum atomic E-state index is 12.4. The van der Waals surface area contributed by atoms with E-state index in [1.807, 2.05) is 25.7 Å². The highest BCUT2D eigenvalue weighted by molar-refractivity contribution is 5.69. The van der Waals surface area contributed by atoms with Crippen molar-refractivity contribution in [3.63, 3.8) is 0 Å². The summed E-state index contributed by atoms with van der Waals surface area (Å²) in [7, 11) is 0. The summed E-state index contributed by atoms with van der Waals surface area (Å²) in [5.74, 6) is 1.67. The Balaban J connectivity index is 1.11. The third-order valence-electron chi connectivity index (χ3n) is 8.25. The van der Waals surface area contributed by atoms with Gasteiger partial charge < -0.3 is 24.0 Å². The van der Waals surface area contributed by atoms with E-state index in [1.54, 1.807) is 0 Å². The summed E-state index contributed by atoms with van der Waals surface area (Å²) in [5, 5.41) is 0. The molecule has 3 heterocycles. The zero-order valence-electron chi connectivity index (χ0n) is 21.3. The first-order valence-corrected chi connectivity index (χ1v) is 13.4. The molecule has 3 aliphatic heterocycles.